The summed E-state index contributed by atoms with van der Waals surface area (Å²) in [5, 5.41) is 5.97. The fraction of sp³-hybridized carbons (Fsp3) is 0.0952. The number of halogens is 2. The number of aromatic nitrogens is 3. The molecule has 0 fully saturated rings. The first-order chi connectivity index (χ1) is 13.4. The first-order valence-corrected chi connectivity index (χ1v) is 9.32. The van der Waals surface area contributed by atoms with Crippen LogP contribution in [0.1, 0.15) is 10.4 Å². The van der Waals surface area contributed by atoms with E-state index in [0.29, 0.717) is 32.3 Å². The molecule has 0 saturated heterocycles. The van der Waals surface area contributed by atoms with Gasteiger partial charge in [-0.05, 0) is 36.4 Å². The smallest absolute Gasteiger partial charge is 0.258 e. The predicted octanol–water partition coefficient (Wildman–Crippen LogP) is 5.22. The van der Waals surface area contributed by atoms with Crippen LogP contribution in [0.4, 0.5) is 5.69 Å². The third-order valence-electron chi connectivity index (χ3n) is 4.54. The monoisotopic (exact) mass is 410 g/mol. The molecule has 0 N–H and O–H groups in total. The van der Waals surface area contributed by atoms with Crippen molar-refractivity contribution in [1.82, 2.24) is 14.8 Å². The SMILES string of the molecule is CN(C(=O)c1cc(-c2cc(Cl)cc(Cl)c2)nc2c1cnn2C)c1ccccc1. The van der Waals surface area contributed by atoms with Crippen molar-refractivity contribution in [2.45, 2.75) is 0 Å². The summed E-state index contributed by atoms with van der Waals surface area (Å²) in [5.74, 6) is -0.152. The summed E-state index contributed by atoms with van der Waals surface area (Å²) in [6.45, 7) is 0. The Balaban J connectivity index is 1.89. The normalized spacial score (nSPS) is 11.0. The number of aryl methyl sites for hydroxylation is 1. The molecule has 0 aliphatic carbocycles. The Bertz CT molecular complexity index is 1170. The predicted molar refractivity (Wildman–Crippen MR) is 113 cm³/mol. The van der Waals surface area contributed by atoms with Crippen LogP contribution in [0.15, 0.2) is 60.8 Å². The maximum Gasteiger partial charge on any atom is 0.258 e. The number of pyridine rings is 1. The molecule has 0 unspecified atom stereocenters. The Kier molecular flexibility index (Phi) is 4.79. The molecule has 4 aromatic rings. The Morgan fingerprint density at radius 2 is 1.71 bits per heavy atom. The number of fused-ring (bicyclic) bond motifs is 1. The summed E-state index contributed by atoms with van der Waals surface area (Å²) in [6.07, 6.45) is 1.66. The Morgan fingerprint density at radius 1 is 1.04 bits per heavy atom. The quantitative estimate of drug-likeness (QED) is 0.465. The van der Waals surface area contributed by atoms with Crippen LogP contribution in [0.25, 0.3) is 22.3 Å². The zero-order chi connectivity index (χ0) is 19.8. The van der Waals surface area contributed by atoms with E-state index in [1.165, 1.54) is 0 Å². The molecule has 2 aromatic carbocycles. The summed E-state index contributed by atoms with van der Waals surface area (Å²) < 4.78 is 1.64. The van der Waals surface area contributed by atoms with Gasteiger partial charge in [0.25, 0.3) is 5.91 Å². The number of carbonyl (C=O) groups excluding carboxylic acids is 1. The lowest BCUT2D eigenvalue weighted by Gasteiger charge is -2.18. The van der Waals surface area contributed by atoms with E-state index in [9.17, 15) is 4.79 Å². The molecule has 0 aliphatic rings. The van der Waals surface area contributed by atoms with Crippen LogP contribution in [0.2, 0.25) is 10.0 Å². The van der Waals surface area contributed by atoms with E-state index in [1.54, 1.807) is 54.1 Å². The van der Waals surface area contributed by atoms with E-state index in [1.807, 2.05) is 30.3 Å². The van der Waals surface area contributed by atoms with Gasteiger partial charge in [-0.1, -0.05) is 41.4 Å². The third-order valence-corrected chi connectivity index (χ3v) is 4.98. The van der Waals surface area contributed by atoms with Crippen molar-refractivity contribution in [1.29, 1.82) is 0 Å². The number of hydrogen-bond donors (Lipinski definition) is 0. The molecule has 1 amide bonds. The van der Waals surface area contributed by atoms with E-state index >= 15 is 0 Å². The van der Waals surface area contributed by atoms with Gasteiger partial charge < -0.3 is 4.90 Å². The fourth-order valence-electron chi connectivity index (χ4n) is 3.09. The van der Waals surface area contributed by atoms with Crippen molar-refractivity contribution < 1.29 is 4.79 Å². The van der Waals surface area contributed by atoms with Crippen molar-refractivity contribution in [3.63, 3.8) is 0 Å². The average Bonchev–Trinajstić information content (AvgIpc) is 3.07. The molecule has 2 heterocycles. The molecule has 0 bridgehead atoms. The molecule has 0 atom stereocenters. The highest BCUT2D eigenvalue weighted by Crippen LogP contribution is 2.30. The maximum atomic E-state index is 13.3. The van der Waals surface area contributed by atoms with Gasteiger partial charge in [-0.3, -0.25) is 9.48 Å². The average molecular weight is 411 g/mol. The molecule has 5 nitrogen and oxygen atoms in total. The van der Waals surface area contributed by atoms with Crippen LogP contribution in [-0.2, 0) is 7.05 Å². The molecule has 4 rings (SSSR count). The summed E-state index contributed by atoms with van der Waals surface area (Å²) in [7, 11) is 3.54. The van der Waals surface area contributed by atoms with E-state index in [0.717, 1.165) is 11.3 Å². The van der Waals surface area contributed by atoms with Gasteiger partial charge >= 0.3 is 0 Å². The van der Waals surface area contributed by atoms with Crippen LogP contribution in [0.5, 0.6) is 0 Å². The van der Waals surface area contributed by atoms with Gasteiger partial charge in [0.05, 0.1) is 22.8 Å². The second-order valence-corrected chi connectivity index (χ2v) is 7.29. The van der Waals surface area contributed by atoms with Gasteiger partial charge in [0, 0.05) is 35.4 Å². The topological polar surface area (TPSA) is 51.0 Å². The number of anilines is 1. The zero-order valence-electron chi connectivity index (χ0n) is 15.2. The molecule has 0 saturated carbocycles. The van der Waals surface area contributed by atoms with Crippen molar-refractivity contribution in [2.24, 2.45) is 7.05 Å². The van der Waals surface area contributed by atoms with E-state index in [2.05, 4.69) is 10.1 Å². The lowest BCUT2D eigenvalue weighted by atomic mass is 10.1. The number of benzene rings is 2. The van der Waals surface area contributed by atoms with E-state index in [-0.39, 0.29) is 5.91 Å². The van der Waals surface area contributed by atoms with Crippen LogP contribution < -0.4 is 4.90 Å². The van der Waals surface area contributed by atoms with Gasteiger partial charge in [-0.15, -0.1) is 0 Å². The number of para-hydroxylation sites is 1. The molecule has 0 aliphatic heterocycles. The summed E-state index contributed by atoms with van der Waals surface area (Å²) >= 11 is 12.3. The molecular weight excluding hydrogens is 395 g/mol. The minimum Gasteiger partial charge on any atom is -0.311 e. The second kappa shape index (κ2) is 7.26. The number of carbonyl (C=O) groups is 1. The van der Waals surface area contributed by atoms with Crippen LogP contribution in [0.3, 0.4) is 0 Å². The number of nitrogens with zero attached hydrogens (tertiary/aromatic N) is 4. The van der Waals surface area contributed by atoms with Gasteiger partial charge in [0.2, 0.25) is 0 Å². The molecule has 28 heavy (non-hydrogen) atoms. The minimum atomic E-state index is -0.152. The Hall–Kier alpha value is -2.89. The maximum absolute atomic E-state index is 13.3. The van der Waals surface area contributed by atoms with Gasteiger partial charge in [-0.2, -0.15) is 5.10 Å². The summed E-state index contributed by atoms with van der Waals surface area (Å²) in [6, 6.07) is 16.4. The molecular formula is C21H16Cl2N4O. The van der Waals surface area contributed by atoms with Gasteiger partial charge in [0.1, 0.15) is 0 Å². The molecule has 0 radical (unpaired) electrons. The van der Waals surface area contributed by atoms with E-state index < -0.39 is 0 Å². The lowest BCUT2D eigenvalue weighted by Crippen LogP contribution is -2.26. The second-order valence-electron chi connectivity index (χ2n) is 6.42. The fourth-order valence-corrected chi connectivity index (χ4v) is 3.62. The number of hydrogen-bond acceptors (Lipinski definition) is 3. The zero-order valence-corrected chi connectivity index (χ0v) is 16.7. The van der Waals surface area contributed by atoms with Crippen LogP contribution >= 0.6 is 23.2 Å². The highest BCUT2D eigenvalue weighted by atomic mass is 35.5. The first kappa shape index (κ1) is 18.5. The van der Waals surface area contributed by atoms with E-state index in [4.69, 9.17) is 23.2 Å². The summed E-state index contributed by atoms with van der Waals surface area (Å²) in [4.78, 5) is 19.6. The number of amides is 1. The van der Waals surface area contributed by atoms with Crippen molar-refractivity contribution in [3.8, 4) is 11.3 Å². The Labute approximate surface area is 172 Å². The summed E-state index contributed by atoms with van der Waals surface area (Å²) in [5.41, 5.74) is 3.25. The number of rotatable bonds is 3. The lowest BCUT2D eigenvalue weighted by molar-refractivity contribution is 0.0994. The standard InChI is InChI=1S/C21H16Cl2N4O/c1-26(16-6-4-3-5-7-16)21(28)17-11-19(13-8-14(22)10-15(23)9-13)25-20-18(17)12-24-27(20)2/h3-12H,1-2H3. The minimum absolute atomic E-state index is 0.152. The molecule has 0 spiro atoms. The largest absolute Gasteiger partial charge is 0.311 e. The van der Waals surface area contributed by atoms with Crippen LogP contribution in [0, 0.1) is 0 Å². The Morgan fingerprint density at radius 3 is 2.39 bits per heavy atom. The van der Waals surface area contributed by atoms with Gasteiger partial charge in [-0.25, -0.2) is 4.98 Å². The van der Waals surface area contributed by atoms with Crippen LogP contribution in [-0.4, -0.2) is 27.7 Å². The highest BCUT2D eigenvalue weighted by Gasteiger charge is 2.20. The first-order valence-electron chi connectivity index (χ1n) is 8.56. The van der Waals surface area contributed by atoms with Crippen molar-refractivity contribution in [2.75, 3.05) is 11.9 Å². The van der Waals surface area contributed by atoms with Crippen molar-refractivity contribution >= 4 is 45.8 Å². The van der Waals surface area contributed by atoms with Crippen molar-refractivity contribution in [3.05, 3.63) is 76.4 Å². The highest BCUT2D eigenvalue weighted by molar-refractivity contribution is 6.35. The molecule has 140 valence electrons. The molecule has 7 heteroatoms. The molecule has 2 aromatic heterocycles. The third kappa shape index (κ3) is 3.35. The van der Waals surface area contributed by atoms with Gasteiger partial charge in [0.15, 0.2) is 5.65 Å².